The van der Waals surface area contributed by atoms with Crippen molar-refractivity contribution in [2.24, 2.45) is 7.05 Å². The molecule has 3 rings (SSSR count). The first-order valence-corrected chi connectivity index (χ1v) is 6.78. The van der Waals surface area contributed by atoms with Gasteiger partial charge in [-0.25, -0.2) is 9.78 Å². The third kappa shape index (κ3) is 2.73. The molecule has 0 aliphatic carbocycles. The normalized spacial score (nSPS) is 10.8. The molecule has 7 nitrogen and oxygen atoms in total. The maximum absolute atomic E-state index is 11.8. The third-order valence-electron chi connectivity index (χ3n) is 3.35. The van der Waals surface area contributed by atoms with E-state index in [1.807, 2.05) is 12.1 Å². The first kappa shape index (κ1) is 14.0. The van der Waals surface area contributed by atoms with Crippen molar-refractivity contribution in [1.29, 1.82) is 0 Å². The van der Waals surface area contributed by atoms with Crippen LogP contribution in [0.2, 0.25) is 0 Å². The second kappa shape index (κ2) is 5.80. The molecular formula is C15H14N4O3. The van der Waals surface area contributed by atoms with Gasteiger partial charge in [-0.05, 0) is 24.1 Å². The Morgan fingerprint density at radius 2 is 2.23 bits per heavy atom. The van der Waals surface area contributed by atoms with Crippen LogP contribution >= 0.6 is 0 Å². The fraction of sp³-hybridized carbons (Fsp3) is 0.200. The van der Waals surface area contributed by atoms with E-state index in [9.17, 15) is 9.59 Å². The average molecular weight is 298 g/mol. The molecule has 0 radical (unpaired) electrons. The van der Waals surface area contributed by atoms with Gasteiger partial charge in [0.05, 0.1) is 11.7 Å². The number of benzene rings is 1. The zero-order valence-electron chi connectivity index (χ0n) is 11.9. The van der Waals surface area contributed by atoms with Crippen molar-refractivity contribution in [1.82, 2.24) is 19.9 Å². The molecule has 0 aliphatic heterocycles. The van der Waals surface area contributed by atoms with Crippen LogP contribution in [-0.2, 0) is 13.5 Å². The summed E-state index contributed by atoms with van der Waals surface area (Å²) in [5.41, 5.74) is 2.58. The van der Waals surface area contributed by atoms with Crippen LogP contribution in [0.1, 0.15) is 16.1 Å². The van der Waals surface area contributed by atoms with Gasteiger partial charge >= 0.3 is 5.76 Å². The summed E-state index contributed by atoms with van der Waals surface area (Å²) in [7, 11) is 1.66. The molecule has 1 amide bonds. The summed E-state index contributed by atoms with van der Waals surface area (Å²) < 4.78 is 6.53. The number of aromatic nitrogens is 3. The summed E-state index contributed by atoms with van der Waals surface area (Å²) in [5.74, 6) is -0.645. The highest BCUT2D eigenvalue weighted by Crippen LogP contribution is 2.14. The Morgan fingerprint density at radius 3 is 3.00 bits per heavy atom. The lowest BCUT2D eigenvalue weighted by Gasteiger charge is -2.05. The molecule has 0 unspecified atom stereocenters. The van der Waals surface area contributed by atoms with Gasteiger partial charge in [-0.1, -0.05) is 6.07 Å². The molecule has 2 heterocycles. The van der Waals surface area contributed by atoms with Crippen molar-refractivity contribution in [2.75, 3.05) is 6.54 Å². The number of nitrogens with one attached hydrogen (secondary N) is 1. The second-order valence-corrected chi connectivity index (χ2v) is 4.83. The van der Waals surface area contributed by atoms with E-state index in [0.717, 1.165) is 11.1 Å². The van der Waals surface area contributed by atoms with E-state index in [1.54, 1.807) is 13.1 Å². The first-order chi connectivity index (χ1) is 10.6. The summed E-state index contributed by atoms with van der Waals surface area (Å²) in [6, 6.07) is 5.52. The van der Waals surface area contributed by atoms with Gasteiger partial charge in [-0.15, -0.1) is 0 Å². The molecule has 0 aliphatic rings. The van der Waals surface area contributed by atoms with Gasteiger partial charge in [0.2, 0.25) is 0 Å². The average Bonchev–Trinajstić information content (AvgIpc) is 2.83. The molecule has 0 atom stereocenters. The van der Waals surface area contributed by atoms with Crippen LogP contribution in [0.3, 0.4) is 0 Å². The Labute approximate surface area is 125 Å². The molecule has 112 valence electrons. The molecular weight excluding hydrogens is 284 g/mol. The van der Waals surface area contributed by atoms with Gasteiger partial charge in [0, 0.05) is 26.0 Å². The van der Waals surface area contributed by atoms with Crippen molar-refractivity contribution in [2.45, 2.75) is 6.42 Å². The number of aryl methyl sites for hydroxylation is 1. The summed E-state index contributed by atoms with van der Waals surface area (Å²) in [6.07, 6.45) is 5.05. The molecule has 0 spiro atoms. The van der Waals surface area contributed by atoms with E-state index in [-0.39, 0.29) is 17.4 Å². The van der Waals surface area contributed by atoms with Crippen LogP contribution in [-0.4, -0.2) is 27.0 Å². The van der Waals surface area contributed by atoms with Gasteiger partial charge in [0.25, 0.3) is 5.91 Å². The zero-order chi connectivity index (χ0) is 15.5. The Bertz CT molecular complexity index is 867. The maximum Gasteiger partial charge on any atom is 0.419 e. The molecule has 0 saturated heterocycles. The predicted octanol–water partition coefficient (Wildman–Crippen LogP) is 0.894. The van der Waals surface area contributed by atoms with Crippen molar-refractivity contribution < 1.29 is 9.21 Å². The maximum atomic E-state index is 11.8. The van der Waals surface area contributed by atoms with Gasteiger partial charge < -0.3 is 9.73 Å². The quantitative estimate of drug-likeness (QED) is 0.772. The van der Waals surface area contributed by atoms with Crippen molar-refractivity contribution in [3.8, 4) is 0 Å². The lowest BCUT2D eigenvalue weighted by molar-refractivity contribution is 0.0948. The number of carbonyl (C=O) groups excluding carboxylic acids is 1. The van der Waals surface area contributed by atoms with Crippen LogP contribution in [0.15, 0.2) is 46.0 Å². The van der Waals surface area contributed by atoms with Crippen LogP contribution < -0.4 is 11.1 Å². The van der Waals surface area contributed by atoms with Crippen molar-refractivity contribution in [3.63, 3.8) is 0 Å². The fourth-order valence-electron chi connectivity index (χ4n) is 2.16. The molecule has 1 aromatic carbocycles. The Kier molecular flexibility index (Phi) is 3.69. The van der Waals surface area contributed by atoms with E-state index >= 15 is 0 Å². The van der Waals surface area contributed by atoms with E-state index in [0.29, 0.717) is 18.5 Å². The van der Waals surface area contributed by atoms with E-state index in [2.05, 4.69) is 15.3 Å². The summed E-state index contributed by atoms with van der Waals surface area (Å²) in [4.78, 5) is 31.1. The molecule has 1 N–H and O–H groups in total. The second-order valence-electron chi connectivity index (χ2n) is 4.83. The van der Waals surface area contributed by atoms with Gasteiger partial charge in [0.15, 0.2) is 5.58 Å². The van der Waals surface area contributed by atoms with Crippen molar-refractivity contribution in [3.05, 3.63) is 58.6 Å². The number of carbonyl (C=O) groups is 1. The lowest BCUT2D eigenvalue weighted by atomic mass is 10.1. The Morgan fingerprint density at radius 1 is 1.36 bits per heavy atom. The van der Waals surface area contributed by atoms with Crippen LogP contribution in [0.4, 0.5) is 0 Å². The third-order valence-corrected chi connectivity index (χ3v) is 3.35. The highest BCUT2D eigenvalue weighted by molar-refractivity contribution is 5.91. The van der Waals surface area contributed by atoms with E-state index in [4.69, 9.17) is 4.42 Å². The molecule has 3 aromatic rings. The van der Waals surface area contributed by atoms with Crippen molar-refractivity contribution >= 4 is 17.0 Å². The molecule has 22 heavy (non-hydrogen) atoms. The van der Waals surface area contributed by atoms with Gasteiger partial charge in [-0.3, -0.25) is 14.3 Å². The monoisotopic (exact) mass is 298 g/mol. The molecule has 0 saturated carbocycles. The highest BCUT2D eigenvalue weighted by atomic mass is 16.4. The number of hydrogen-bond acceptors (Lipinski definition) is 5. The van der Waals surface area contributed by atoms with Crippen LogP contribution in [0.5, 0.6) is 0 Å². The smallest absolute Gasteiger partial charge is 0.408 e. The summed E-state index contributed by atoms with van der Waals surface area (Å²) >= 11 is 0. The summed E-state index contributed by atoms with van der Waals surface area (Å²) in [6.45, 7) is 0.465. The SMILES string of the molecule is Cn1c(=O)oc2ccc(CCNC(=O)c3cnccn3)cc21. The Balaban J connectivity index is 1.66. The Hall–Kier alpha value is -2.96. The zero-order valence-corrected chi connectivity index (χ0v) is 11.9. The number of hydrogen-bond donors (Lipinski definition) is 1. The van der Waals surface area contributed by atoms with E-state index in [1.165, 1.54) is 23.2 Å². The minimum atomic E-state index is -0.386. The molecule has 2 aromatic heterocycles. The molecule has 7 heteroatoms. The first-order valence-electron chi connectivity index (χ1n) is 6.78. The van der Waals surface area contributed by atoms with Gasteiger partial charge in [-0.2, -0.15) is 0 Å². The molecule has 0 bridgehead atoms. The number of oxazole rings is 1. The molecule has 0 fully saturated rings. The predicted molar refractivity (Wildman–Crippen MR) is 79.5 cm³/mol. The van der Waals surface area contributed by atoms with Crippen LogP contribution in [0.25, 0.3) is 11.1 Å². The van der Waals surface area contributed by atoms with E-state index < -0.39 is 0 Å². The minimum absolute atomic E-state index is 0.259. The largest absolute Gasteiger partial charge is 0.419 e. The highest BCUT2D eigenvalue weighted by Gasteiger charge is 2.08. The van der Waals surface area contributed by atoms with Crippen LogP contribution in [0, 0.1) is 0 Å². The summed E-state index contributed by atoms with van der Waals surface area (Å²) in [5, 5.41) is 2.78. The standard InChI is InChI=1S/C15H14N4O3/c1-19-12-8-10(2-3-13(12)22-15(19)21)4-5-18-14(20)11-9-16-6-7-17-11/h2-3,6-9H,4-5H2,1H3,(H,18,20). The fourth-order valence-corrected chi connectivity index (χ4v) is 2.16. The topological polar surface area (TPSA) is 90.0 Å². The number of fused-ring (bicyclic) bond motifs is 1. The lowest BCUT2D eigenvalue weighted by Crippen LogP contribution is -2.26. The minimum Gasteiger partial charge on any atom is -0.408 e. The number of amides is 1. The van der Waals surface area contributed by atoms with Gasteiger partial charge in [0.1, 0.15) is 5.69 Å². The number of nitrogens with zero attached hydrogens (tertiary/aromatic N) is 3. The number of rotatable bonds is 4.